The Hall–Kier alpha value is -3.40. The highest BCUT2D eigenvalue weighted by molar-refractivity contribution is 7.92. The fraction of sp³-hybridized carbons (Fsp3) is 0.250. The van der Waals surface area contributed by atoms with Gasteiger partial charge in [-0.3, -0.25) is 9.29 Å². The third kappa shape index (κ3) is 3.86. The van der Waals surface area contributed by atoms with Crippen LogP contribution in [-0.2, 0) is 23.5 Å². The first-order chi connectivity index (χ1) is 14.2. The lowest BCUT2D eigenvalue weighted by molar-refractivity contribution is 0.361. The van der Waals surface area contributed by atoms with Crippen LogP contribution in [0.5, 0.6) is 0 Å². The van der Waals surface area contributed by atoms with Crippen LogP contribution in [0, 0.1) is 0 Å². The van der Waals surface area contributed by atoms with E-state index in [2.05, 4.69) is 14.9 Å². The summed E-state index contributed by atoms with van der Waals surface area (Å²) in [5, 5.41) is 3.96. The predicted octanol–water partition coefficient (Wildman–Crippen LogP) is 3.03. The Morgan fingerprint density at radius 1 is 1.13 bits per heavy atom. The Kier molecular flexibility index (Phi) is 4.94. The summed E-state index contributed by atoms with van der Waals surface area (Å²) in [6.45, 7) is 3.95. The largest absolute Gasteiger partial charge is 0.419 e. The summed E-state index contributed by atoms with van der Waals surface area (Å²) in [5.41, 5.74) is 2.05. The van der Waals surface area contributed by atoms with Gasteiger partial charge in [-0.25, -0.2) is 13.2 Å². The number of aryl methyl sites for hydroxylation is 1. The highest BCUT2D eigenvalue weighted by Crippen LogP contribution is 2.21. The molecule has 4 aromatic rings. The highest BCUT2D eigenvalue weighted by atomic mass is 32.2. The Morgan fingerprint density at radius 3 is 2.53 bits per heavy atom. The van der Waals surface area contributed by atoms with E-state index >= 15 is 0 Å². The molecule has 2 aromatic heterocycles. The lowest BCUT2D eigenvalue weighted by atomic mass is 10.1. The number of hydrogen-bond donors (Lipinski definition) is 1. The van der Waals surface area contributed by atoms with Gasteiger partial charge >= 0.3 is 5.76 Å². The van der Waals surface area contributed by atoms with Crippen LogP contribution in [0.4, 0.5) is 5.69 Å². The van der Waals surface area contributed by atoms with Crippen molar-refractivity contribution in [1.29, 1.82) is 0 Å². The second-order valence-corrected chi connectivity index (χ2v) is 8.92. The van der Waals surface area contributed by atoms with Crippen LogP contribution in [-0.4, -0.2) is 23.1 Å². The van der Waals surface area contributed by atoms with Gasteiger partial charge in [-0.1, -0.05) is 31.1 Å². The van der Waals surface area contributed by atoms with Crippen LogP contribution in [0.25, 0.3) is 11.1 Å². The van der Waals surface area contributed by atoms with Gasteiger partial charge < -0.3 is 8.94 Å². The molecule has 0 fully saturated rings. The number of hydrogen-bond acceptors (Lipinski definition) is 7. The Morgan fingerprint density at radius 2 is 1.87 bits per heavy atom. The van der Waals surface area contributed by atoms with Crippen molar-refractivity contribution >= 4 is 26.8 Å². The minimum absolute atomic E-state index is 0.00133. The van der Waals surface area contributed by atoms with E-state index in [0.717, 1.165) is 5.56 Å². The Balaban J connectivity index is 1.51. The van der Waals surface area contributed by atoms with Gasteiger partial charge in [-0.05, 0) is 29.8 Å². The second-order valence-electron chi connectivity index (χ2n) is 7.24. The van der Waals surface area contributed by atoms with Gasteiger partial charge in [-0.15, -0.1) is 0 Å². The van der Waals surface area contributed by atoms with Gasteiger partial charge in [0.25, 0.3) is 10.0 Å². The molecule has 1 N–H and O–H groups in total. The molecule has 0 bridgehead atoms. The number of anilines is 1. The SMILES string of the molecule is CC(C)c1nc(Cc2ccc(NS(=O)(=O)c3ccc4c(c3)oc(=O)n4C)cc2)no1. The third-order valence-electron chi connectivity index (χ3n) is 4.62. The molecule has 0 spiro atoms. The van der Waals surface area contributed by atoms with Crippen molar-refractivity contribution in [3.8, 4) is 0 Å². The van der Waals surface area contributed by atoms with E-state index in [1.54, 1.807) is 31.3 Å². The molecule has 0 unspecified atom stereocenters. The molecule has 2 aromatic carbocycles. The number of rotatable bonds is 6. The molecule has 4 rings (SSSR count). The maximum Gasteiger partial charge on any atom is 0.419 e. The first kappa shape index (κ1) is 19.9. The summed E-state index contributed by atoms with van der Waals surface area (Å²) in [7, 11) is -2.29. The molecular formula is C20H20N4O5S. The molecule has 0 aliphatic rings. The zero-order valence-corrected chi connectivity index (χ0v) is 17.4. The van der Waals surface area contributed by atoms with Crippen molar-refractivity contribution in [3.05, 3.63) is 70.3 Å². The lowest BCUT2D eigenvalue weighted by Crippen LogP contribution is -2.13. The summed E-state index contributed by atoms with van der Waals surface area (Å²) >= 11 is 0. The zero-order chi connectivity index (χ0) is 21.5. The van der Waals surface area contributed by atoms with Crippen LogP contribution in [0.15, 0.2) is 61.1 Å². The molecule has 0 atom stereocenters. The van der Waals surface area contributed by atoms with Gasteiger partial charge in [0.05, 0.1) is 10.4 Å². The summed E-state index contributed by atoms with van der Waals surface area (Å²) < 4.78 is 39.5. The van der Waals surface area contributed by atoms with E-state index in [9.17, 15) is 13.2 Å². The molecular weight excluding hydrogens is 408 g/mol. The first-order valence-electron chi connectivity index (χ1n) is 9.27. The van der Waals surface area contributed by atoms with E-state index in [4.69, 9.17) is 8.94 Å². The van der Waals surface area contributed by atoms with Crippen molar-refractivity contribution in [1.82, 2.24) is 14.7 Å². The molecule has 156 valence electrons. The monoisotopic (exact) mass is 428 g/mol. The molecule has 10 heteroatoms. The predicted molar refractivity (Wildman–Crippen MR) is 110 cm³/mol. The fourth-order valence-corrected chi connectivity index (χ4v) is 4.02. The topological polar surface area (TPSA) is 120 Å². The Labute approximate surface area is 172 Å². The third-order valence-corrected chi connectivity index (χ3v) is 6.00. The van der Waals surface area contributed by atoms with Crippen molar-refractivity contribution in [3.63, 3.8) is 0 Å². The summed E-state index contributed by atoms with van der Waals surface area (Å²) in [6.07, 6.45) is 0.479. The number of nitrogens with one attached hydrogen (secondary N) is 1. The molecule has 30 heavy (non-hydrogen) atoms. The van der Waals surface area contributed by atoms with Crippen LogP contribution < -0.4 is 10.5 Å². The van der Waals surface area contributed by atoms with E-state index in [-0.39, 0.29) is 16.4 Å². The molecule has 9 nitrogen and oxygen atoms in total. The fourth-order valence-electron chi connectivity index (χ4n) is 2.94. The minimum atomic E-state index is -3.85. The maximum atomic E-state index is 12.7. The maximum absolute atomic E-state index is 12.7. The molecule has 2 heterocycles. The minimum Gasteiger partial charge on any atom is -0.408 e. The Bertz CT molecular complexity index is 1360. The second kappa shape index (κ2) is 7.45. The van der Waals surface area contributed by atoms with Gasteiger partial charge in [0.2, 0.25) is 5.89 Å². The van der Waals surface area contributed by atoms with E-state index in [0.29, 0.717) is 29.3 Å². The van der Waals surface area contributed by atoms with Crippen molar-refractivity contribution in [2.45, 2.75) is 31.1 Å². The van der Waals surface area contributed by atoms with Gasteiger partial charge in [0.15, 0.2) is 11.4 Å². The number of oxazole rings is 1. The van der Waals surface area contributed by atoms with E-state index < -0.39 is 15.8 Å². The molecule has 0 saturated heterocycles. The van der Waals surface area contributed by atoms with Gasteiger partial charge in [-0.2, -0.15) is 4.98 Å². The number of nitrogens with zero attached hydrogens (tertiary/aromatic N) is 3. The first-order valence-corrected chi connectivity index (χ1v) is 10.7. The lowest BCUT2D eigenvalue weighted by Gasteiger charge is -2.08. The normalized spacial score (nSPS) is 12.0. The average Bonchev–Trinajstić information content (AvgIpc) is 3.28. The molecule has 0 aliphatic heterocycles. The number of fused-ring (bicyclic) bond motifs is 1. The van der Waals surface area contributed by atoms with E-state index in [1.807, 2.05) is 13.8 Å². The van der Waals surface area contributed by atoms with E-state index in [1.165, 1.54) is 22.8 Å². The molecule has 0 radical (unpaired) electrons. The number of sulfonamides is 1. The zero-order valence-electron chi connectivity index (χ0n) is 16.6. The summed E-state index contributed by atoms with van der Waals surface area (Å²) in [4.78, 5) is 15.9. The summed E-state index contributed by atoms with van der Waals surface area (Å²) in [6, 6.07) is 11.2. The van der Waals surface area contributed by atoms with Crippen LogP contribution in [0.3, 0.4) is 0 Å². The standard InChI is InChI=1S/C20H20N4O5S/c1-12(2)19-21-18(22-29-19)10-13-4-6-14(7-5-13)23-30(26,27)15-8-9-16-17(11-15)28-20(25)24(16)3/h4-9,11-12,23H,10H2,1-3H3. The average molecular weight is 428 g/mol. The summed E-state index contributed by atoms with van der Waals surface area (Å²) in [5.74, 6) is 0.765. The van der Waals surface area contributed by atoms with Gasteiger partial charge in [0, 0.05) is 31.1 Å². The molecule has 0 aliphatic carbocycles. The van der Waals surface area contributed by atoms with Crippen molar-refractivity contribution in [2.75, 3.05) is 4.72 Å². The van der Waals surface area contributed by atoms with Gasteiger partial charge in [0.1, 0.15) is 0 Å². The number of benzene rings is 2. The smallest absolute Gasteiger partial charge is 0.408 e. The van der Waals surface area contributed by atoms with Crippen molar-refractivity contribution < 1.29 is 17.4 Å². The number of aromatic nitrogens is 3. The van der Waals surface area contributed by atoms with Crippen LogP contribution >= 0.6 is 0 Å². The van der Waals surface area contributed by atoms with Crippen LogP contribution in [0.1, 0.15) is 37.0 Å². The van der Waals surface area contributed by atoms with Crippen LogP contribution in [0.2, 0.25) is 0 Å². The highest BCUT2D eigenvalue weighted by Gasteiger charge is 2.17. The molecule has 0 amide bonds. The molecule has 0 saturated carbocycles. The quantitative estimate of drug-likeness (QED) is 0.501. The van der Waals surface area contributed by atoms with Crippen molar-refractivity contribution in [2.24, 2.45) is 7.05 Å².